The van der Waals surface area contributed by atoms with Crippen molar-refractivity contribution in [2.24, 2.45) is 17.3 Å². The van der Waals surface area contributed by atoms with Crippen molar-refractivity contribution >= 4 is 5.97 Å². The van der Waals surface area contributed by atoms with E-state index in [0.29, 0.717) is 5.92 Å². The van der Waals surface area contributed by atoms with Crippen LogP contribution >= 0.6 is 0 Å². The summed E-state index contributed by atoms with van der Waals surface area (Å²) in [6, 6.07) is 0. The Morgan fingerprint density at radius 3 is 2.67 bits per heavy atom. The molecule has 1 N–H and O–H groups in total. The minimum atomic E-state index is -0.0330. The third-order valence-corrected chi connectivity index (χ3v) is 4.42. The summed E-state index contributed by atoms with van der Waals surface area (Å²) in [4.78, 5) is 11.7. The monoisotopic (exact) mass is 211 g/mol. The molecule has 1 aliphatic carbocycles. The lowest BCUT2D eigenvalue weighted by Crippen LogP contribution is -2.38. The third kappa shape index (κ3) is 1.78. The van der Waals surface area contributed by atoms with Gasteiger partial charge in [0.05, 0.1) is 13.0 Å². The molecule has 1 aliphatic heterocycles. The fourth-order valence-electron chi connectivity index (χ4n) is 3.35. The summed E-state index contributed by atoms with van der Waals surface area (Å²) in [5.74, 6) is 0.733. The number of carbonyl (C=O) groups excluding carboxylic acids is 1. The summed E-state index contributed by atoms with van der Waals surface area (Å²) in [6.45, 7) is 4.02. The number of methoxy groups -OCH3 is 1. The van der Waals surface area contributed by atoms with Gasteiger partial charge in [-0.15, -0.1) is 0 Å². The molecule has 0 radical (unpaired) electrons. The highest BCUT2D eigenvalue weighted by Crippen LogP contribution is 2.46. The molecule has 2 aliphatic rings. The lowest BCUT2D eigenvalue weighted by Gasteiger charge is -2.35. The molecule has 0 aromatic rings. The van der Waals surface area contributed by atoms with Gasteiger partial charge in [-0.25, -0.2) is 0 Å². The van der Waals surface area contributed by atoms with Gasteiger partial charge in [0.1, 0.15) is 0 Å². The maximum Gasteiger partial charge on any atom is 0.310 e. The summed E-state index contributed by atoms with van der Waals surface area (Å²) in [7, 11) is 1.50. The van der Waals surface area contributed by atoms with Crippen molar-refractivity contribution in [3.05, 3.63) is 0 Å². The zero-order chi connectivity index (χ0) is 10.9. The second-order valence-corrected chi connectivity index (χ2v) is 5.19. The van der Waals surface area contributed by atoms with Crippen molar-refractivity contribution in [1.29, 1.82) is 0 Å². The highest BCUT2D eigenvalue weighted by atomic mass is 16.5. The Balaban J connectivity index is 2.13. The molecule has 0 bridgehead atoms. The second kappa shape index (κ2) is 4.12. The molecule has 86 valence electrons. The van der Waals surface area contributed by atoms with Crippen LogP contribution in [0.1, 0.15) is 32.6 Å². The van der Waals surface area contributed by atoms with Crippen LogP contribution in [0, 0.1) is 17.3 Å². The van der Waals surface area contributed by atoms with Gasteiger partial charge in [0.15, 0.2) is 0 Å². The van der Waals surface area contributed by atoms with E-state index >= 15 is 0 Å². The van der Waals surface area contributed by atoms with Crippen LogP contribution in [0.2, 0.25) is 0 Å². The van der Waals surface area contributed by atoms with Crippen molar-refractivity contribution in [2.45, 2.75) is 32.6 Å². The summed E-state index contributed by atoms with van der Waals surface area (Å²) in [5, 5.41) is 3.35. The summed E-state index contributed by atoms with van der Waals surface area (Å²) >= 11 is 0. The highest BCUT2D eigenvalue weighted by Gasteiger charge is 2.49. The first kappa shape index (κ1) is 10.9. The number of hydrogen-bond donors (Lipinski definition) is 1. The van der Waals surface area contributed by atoms with E-state index in [4.69, 9.17) is 4.74 Å². The Morgan fingerprint density at radius 2 is 2.07 bits per heavy atom. The molecule has 1 saturated carbocycles. The topological polar surface area (TPSA) is 38.3 Å². The summed E-state index contributed by atoms with van der Waals surface area (Å²) in [6.07, 6.45) is 5.22. The SMILES string of the molecule is COC(=O)C1CNCC1(C)C1CCCC1. The van der Waals surface area contributed by atoms with E-state index < -0.39 is 0 Å². The van der Waals surface area contributed by atoms with Crippen LogP contribution in [-0.4, -0.2) is 26.2 Å². The van der Waals surface area contributed by atoms with E-state index in [2.05, 4.69) is 12.2 Å². The van der Waals surface area contributed by atoms with E-state index in [1.54, 1.807) is 0 Å². The smallest absolute Gasteiger partial charge is 0.310 e. The molecule has 2 atom stereocenters. The number of ether oxygens (including phenoxy) is 1. The van der Waals surface area contributed by atoms with Crippen molar-refractivity contribution < 1.29 is 9.53 Å². The van der Waals surface area contributed by atoms with Gasteiger partial charge in [-0.1, -0.05) is 19.8 Å². The van der Waals surface area contributed by atoms with E-state index in [1.165, 1.54) is 32.8 Å². The molecule has 0 amide bonds. The first-order chi connectivity index (χ1) is 7.18. The second-order valence-electron chi connectivity index (χ2n) is 5.19. The van der Waals surface area contributed by atoms with Gasteiger partial charge < -0.3 is 10.1 Å². The van der Waals surface area contributed by atoms with Crippen LogP contribution in [0.25, 0.3) is 0 Å². The maximum atomic E-state index is 11.7. The quantitative estimate of drug-likeness (QED) is 0.705. The molecule has 0 aromatic carbocycles. The molecule has 2 unspecified atom stereocenters. The first-order valence-corrected chi connectivity index (χ1v) is 5.97. The number of hydrogen-bond acceptors (Lipinski definition) is 3. The van der Waals surface area contributed by atoms with Crippen LogP contribution in [0.3, 0.4) is 0 Å². The molecule has 15 heavy (non-hydrogen) atoms. The molecule has 0 spiro atoms. The van der Waals surface area contributed by atoms with Crippen molar-refractivity contribution in [3.8, 4) is 0 Å². The van der Waals surface area contributed by atoms with E-state index in [0.717, 1.165) is 13.1 Å². The number of nitrogens with one attached hydrogen (secondary N) is 1. The predicted molar refractivity (Wildman–Crippen MR) is 58.4 cm³/mol. The van der Waals surface area contributed by atoms with Crippen molar-refractivity contribution in [1.82, 2.24) is 5.32 Å². The van der Waals surface area contributed by atoms with Gasteiger partial charge in [0, 0.05) is 13.1 Å². The molecule has 0 aromatic heterocycles. The van der Waals surface area contributed by atoms with Gasteiger partial charge in [-0.3, -0.25) is 4.79 Å². The molecule has 3 heteroatoms. The van der Waals surface area contributed by atoms with E-state index in [9.17, 15) is 4.79 Å². The summed E-state index contributed by atoms with van der Waals surface area (Å²) in [5.41, 5.74) is 0.129. The Morgan fingerprint density at radius 1 is 1.40 bits per heavy atom. The average molecular weight is 211 g/mol. The van der Waals surface area contributed by atoms with Crippen LogP contribution < -0.4 is 5.32 Å². The maximum absolute atomic E-state index is 11.7. The normalized spacial score (nSPS) is 37.1. The predicted octanol–water partition coefficient (Wildman–Crippen LogP) is 1.58. The zero-order valence-corrected chi connectivity index (χ0v) is 9.71. The van der Waals surface area contributed by atoms with E-state index in [1.807, 2.05) is 0 Å². The van der Waals surface area contributed by atoms with Crippen molar-refractivity contribution in [3.63, 3.8) is 0 Å². The highest BCUT2D eigenvalue weighted by molar-refractivity contribution is 5.74. The van der Waals surface area contributed by atoms with Gasteiger partial charge in [0.2, 0.25) is 0 Å². The Kier molecular flexibility index (Phi) is 3.01. The van der Waals surface area contributed by atoms with Crippen LogP contribution in [-0.2, 0) is 9.53 Å². The van der Waals surface area contributed by atoms with E-state index in [-0.39, 0.29) is 17.3 Å². The van der Waals surface area contributed by atoms with Gasteiger partial charge in [-0.2, -0.15) is 0 Å². The molecular weight excluding hydrogens is 190 g/mol. The Bertz CT molecular complexity index is 248. The number of carbonyl (C=O) groups is 1. The lowest BCUT2D eigenvalue weighted by atomic mass is 9.69. The fraction of sp³-hybridized carbons (Fsp3) is 0.917. The van der Waals surface area contributed by atoms with Crippen LogP contribution in [0.5, 0.6) is 0 Å². The average Bonchev–Trinajstić information content (AvgIpc) is 2.85. The lowest BCUT2D eigenvalue weighted by molar-refractivity contribution is -0.149. The third-order valence-electron chi connectivity index (χ3n) is 4.42. The zero-order valence-electron chi connectivity index (χ0n) is 9.71. The Labute approximate surface area is 91.6 Å². The molecule has 1 heterocycles. The molecular formula is C12H21NO2. The van der Waals surface area contributed by atoms with Gasteiger partial charge in [0.25, 0.3) is 0 Å². The standard InChI is InChI=1S/C12H21NO2/c1-12(9-5-3-4-6-9)8-13-7-10(12)11(14)15-2/h9-10,13H,3-8H2,1-2H3. The van der Waals surface area contributed by atoms with Crippen molar-refractivity contribution in [2.75, 3.05) is 20.2 Å². The van der Waals surface area contributed by atoms with Crippen LogP contribution in [0.15, 0.2) is 0 Å². The van der Waals surface area contributed by atoms with Gasteiger partial charge >= 0.3 is 5.97 Å². The molecule has 2 rings (SSSR count). The Hall–Kier alpha value is -0.570. The van der Waals surface area contributed by atoms with Gasteiger partial charge in [-0.05, 0) is 24.2 Å². The minimum Gasteiger partial charge on any atom is -0.469 e. The fourth-order valence-corrected chi connectivity index (χ4v) is 3.35. The first-order valence-electron chi connectivity index (χ1n) is 5.97. The molecule has 1 saturated heterocycles. The number of rotatable bonds is 2. The molecule has 3 nitrogen and oxygen atoms in total. The summed E-state index contributed by atoms with van der Waals surface area (Å²) < 4.78 is 4.91. The largest absolute Gasteiger partial charge is 0.469 e. The number of esters is 1. The molecule has 2 fully saturated rings. The minimum absolute atomic E-state index is 0.0330. The van der Waals surface area contributed by atoms with Crippen LogP contribution in [0.4, 0.5) is 0 Å².